The standard InChI is InChI=1S/C25H26O5/c1-5-8-19-15-23(28-4)25(29-17-18-11-13-20(26-2)14-12-18)24(16-19)30-22-10-7-6-9-21(22)27-3/h5-7,9-16H,1,8,17H2,2-4H3. The predicted molar refractivity (Wildman–Crippen MR) is 117 cm³/mol. The Kier molecular flexibility index (Phi) is 7.22. The maximum absolute atomic E-state index is 6.20. The molecule has 0 aliphatic rings. The highest BCUT2D eigenvalue weighted by atomic mass is 16.5. The fourth-order valence-electron chi connectivity index (χ4n) is 2.98. The van der Waals surface area contributed by atoms with Gasteiger partial charge in [0.25, 0.3) is 0 Å². The smallest absolute Gasteiger partial charge is 0.204 e. The molecule has 0 atom stereocenters. The second kappa shape index (κ2) is 10.3. The summed E-state index contributed by atoms with van der Waals surface area (Å²) in [7, 11) is 4.86. The van der Waals surface area contributed by atoms with Crippen LogP contribution < -0.4 is 23.7 Å². The van der Waals surface area contributed by atoms with Crippen LogP contribution in [0.3, 0.4) is 0 Å². The van der Waals surface area contributed by atoms with E-state index < -0.39 is 0 Å². The van der Waals surface area contributed by atoms with Crippen LogP contribution in [0, 0.1) is 0 Å². The Labute approximate surface area is 177 Å². The van der Waals surface area contributed by atoms with Crippen molar-refractivity contribution < 1.29 is 23.7 Å². The molecule has 0 fully saturated rings. The van der Waals surface area contributed by atoms with Gasteiger partial charge in [0.15, 0.2) is 23.0 Å². The molecule has 0 aromatic heterocycles. The lowest BCUT2D eigenvalue weighted by Crippen LogP contribution is -2.01. The highest BCUT2D eigenvalue weighted by Crippen LogP contribution is 2.43. The van der Waals surface area contributed by atoms with Gasteiger partial charge in [0.1, 0.15) is 12.4 Å². The van der Waals surface area contributed by atoms with Crippen molar-refractivity contribution in [1.82, 2.24) is 0 Å². The molecule has 0 aliphatic heterocycles. The first-order valence-electron chi connectivity index (χ1n) is 9.57. The molecule has 0 bridgehead atoms. The van der Waals surface area contributed by atoms with Gasteiger partial charge < -0.3 is 23.7 Å². The lowest BCUT2D eigenvalue weighted by molar-refractivity contribution is 0.269. The molecule has 30 heavy (non-hydrogen) atoms. The van der Waals surface area contributed by atoms with Gasteiger partial charge in [0.05, 0.1) is 21.3 Å². The number of allylic oxidation sites excluding steroid dienone is 1. The van der Waals surface area contributed by atoms with Crippen molar-refractivity contribution in [1.29, 1.82) is 0 Å². The average Bonchev–Trinajstić information content (AvgIpc) is 2.79. The largest absolute Gasteiger partial charge is 0.497 e. The topological polar surface area (TPSA) is 46.2 Å². The summed E-state index contributed by atoms with van der Waals surface area (Å²) in [6.45, 7) is 4.17. The van der Waals surface area contributed by atoms with Crippen LogP contribution in [0.15, 0.2) is 73.3 Å². The fourth-order valence-corrected chi connectivity index (χ4v) is 2.98. The molecule has 5 nitrogen and oxygen atoms in total. The van der Waals surface area contributed by atoms with Crippen molar-refractivity contribution in [2.75, 3.05) is 21.3 Å². The molecule has 0 aliphatic carbocycles. The van der Waals surface area contributed by atoms with E-state index in [9.17, 15) is 0 Å². The second-order valence-electron chi connectivity index (χ2n) is 6.51. The van der Waals surface area contributed by atoms with Crippen LogP contribution in [0.25, 0.3) is 0 Å². The van der Waals surface area contributed by atoms with Crippen molar-refractivity contribution in [3.63, 3.8) is 0 Å². The minimum atomic E-state index is 0.351. The molecule has 0 heterocycles. The third kappa shape index (κ3) is 5.06. The van der Waals surface area contributed by atoms with Gasteiger partial charge in [-0.1, -0.05) is 30.3 Å². The minimum absolute atomic E-state index is 0.351. The molecule has 0 radical (unpaired) electrons. The van der Waals surface area contributed by atoms with Crippen LogP contribution in [0.2, 0.25) is 0 Å². The van der Waals surface area contributed by atoms with E-state index in [2.05, 4.69) is 6.58 Å². The number of para-hydroxylation sites is 2. The van der Waals surface area contributed by atoms with Gasteiger partial charge in [-0.15, -0.1) is 6.58 Å². The number of rotatable bonds is 10. The molecule has 0 saturated carbocycles. The minimum Gasteiger partial charge on any atom is -0.497 e. The van der Waals surface area contributed by atoms with E-state index in [1.165, 1.54) is 0 Å². The summed E-state index contributed by atoms with van der Waals surface area (Å²) in [6.07, 6.45) is 2.51. The van der Waals surface area contributed by atoms with Crippen LogP contribution in [0.1, 0.15) is 11.1 Å². The normalized spacial score (nSPS) is 10.2. The zero-order valence-corrected chi connectivity index (χ0v) is 17.5. The summed E-state index contributed by atoms with van der Waals surface area (Å²) >= 11 is 0. The Morgan fingerprint density at radius 2 is 1.40 bits per heavy atom. The maximum Gasteiger partial charge on any atom is 0.204 e. The monoisotopic (exact) mass is 406 g/mol. The first-order chi connectivity index (χ1) is 14.7. The number of hydrogen-bond donors (Lipinski definition) is 0. The molecular weight excluding hydrogens is 380 g/mol. The van der Waals surface area contributed by atoms with Gasteiger partial charge in [-0.3, -0.25) is 0 Å². The van der Waals surface area contributed by atoms with Gasteiger partial charge in [0, 0.05) is 0 Å². The Bertz CT molecular complexity index is 979. The van der Waals surface area contributed by atoms with Crippen LogP contribution in [-0.4, -0.2) is 21.3 Å². The quantitative estimate of drug-likeness (QED) is 0.398. The first kappa shape index (κ1) is 21.1. The number of benzene rings is 3. The van der Waals surface area contributed by atoms with Crippen molar-refractivity contribution >= 4 is 0 Å². The first-order valence-corrected chi connectivity index (χ1v) is 9.57. The van der Waals surface area contributed by atoms with Crippen LogP contribution in [-0.2, 0) is 13.0 Å². The van der Waals surface area contributed by atoms with Gasteiger partial charge in [-0.05, 0) is 53.9 Å². The third-order valence-electron chi connectivity index (χ3n) is 4.51. The Balaban J connectivity index is 1.95. The number of methoxy groups -OCH3 is 3. The van der Waals surface area contributed by atoms with Crippen LogP contribution in [0.4, 0.5) is 0 Å². The zero-order chi connectivity index (χ0) is 21.3. The molecule has 0 unspecified atom stereocenters. The van der Waals surface area contributed by atoms with Crippen LogP contribution >= 0.6 is 0 Å². The lowest BCUT2D eigenvalue weighted by atomic mass is 10.1. The van der Waals surface area contributed by atoms with Crippen molar-refractivity contribution in [2.24, 2.45) is 0 Å². The number of hydrogen-bond acceptors (Lipinski definition) is 5. The zero-order valence-electron chi connectivity index (χ0n) is 17.5. The van der Waals surface area contributed by atoms with Gasteiger partial charge in [0.2, 0.25) is 5.75 Å². The summed E-state index contributed by atoms with van der Waals surface area (Å²) in [6, 6.07) is 19.0. The van der Waals surface area contributed by atoms with E-state index in [4.69, 9.17) is 23.7 Å². The summed E-state index contributed by atoms with van der Waals surface area (Å²) in [5.74, 6) is 3.67. The predicted octanol–water partition coefficient (Wildman–Crippen LogP) is 5.81. The van der Waals surface area contributed by atoms with E-state index in [0.29, 0.717) is 41.8 Å². The SMILES string of the molecule is C=CCc1cc(OC)c(OCc2ccc(OC)cc2)c(Oc2ccccc2OC)c1. The Hall–Kier alpha value is -3.60. The van der Waals surface area contributed by atoms with Crippen LogP contribution in [0.5, 0.6) is 34.5 Å². The molecule has 3 rings (SSSR count). The van der Waals surface area contributed by atoms with Gasteiger partial charge in [-0.25, -0.2) is 0 Å². The number of ether oxygens (including phenoxy) is 5. The average molecular weight is 406 g/mol. The van der Waals surface area contributed by atoms with E-state index in [1.54, 1.807) is 21.3 Å². The van der Waals surface area contributed by atoms with E-state index in [-0.39, 0.29) is 0 Å². The third-order valence-corrected chi connectivity index (χ3v) is 4.51. The summed E-state index contributed by atoms with van der Waals surface area (Å²) in [5.41, 5.74) is 2.00. The molecule has 156 valence electrons. The second-order valence-corrected chi connectivity index (χ2v) is 6.51. The summed E-state index contributed by atoms with van der Waals surface area (Å²) in [5, 5.41) is 0. The molecule has 3 aromatic rings. The highest BCUT2D eigenvalue weighted by molar-refractivity contribution is 5.56. The molecule has 5 heteroatoms. The molecular formula is C25H26O5. The lowest BCUT2D eigenvalue weighted by Gasteiger charge is -2.18. The van der Waals surface area contributed by atoms with Crippen molar-refractivity contribution in [3.05, 3.63) is 84.4 Å². The molecule has 0 saturated heterocycles. The summed E-state index contributed by atoms with van der Waals surface area (Å²) in [4.78, 5) is 0. The van der Waals surface area contributed by atoms with E-state index in [0.717, 1.165) is 16.9 Å². The van der Waals surface area contributed by atoms with Crippen molar-refractivity contribution in [3.8, 4) is 34.5 Å². The Morgan fingerprint density at radius 1 is 0.733 bits per heavy atom. The van der Waals surface area contributed by atoms with Gasteiger partial charge in [-0.2, -0.15) is 0 Å². The maximum atomic E-state index is 6.20. The van der Waals surface area contributed by atoms with Crippen molar-refractivity contribution in [2.45, 2.75) is 13.0 Å². The molecule has 3 aromatic carbocycles. The van der Waals surface area contributed by atoms with E-state index in [1.807, 2.05) is 66.7 Å². The molecule has 0 amide bonds. The Morgan fingerprint density at radius 3 is 2.03 bits per heavy atom. The summed E-state index contributed by atoms with van der Waals surface area (Å²) < 4.78 is 28.6. The molecule has 0 spiro atoms. The molecule has 0 N–H and O–H groups in total. The van der Waals surface area contributed by atoms with E-state index >= 15 is 0 Å². The fraction of sp³-hybridized carbons (Fsp3) is 0.200. The van der Waals surface area contributed by atoms with Gasteiger partial charge >= 0.3 is 0 Å². The highest BCUT2D eigenvalue weighted by Gasteiger charge is 2.17.